The van der Waals surface area contributed by atoms with Gasteiger partial charge in [-0.3, -0.25) is 0 Å². The monoisotopic (exact) mass is 324 g/mol. The van der Waals surface area contributed by atoms with Crippen molar-refractivity contribution in [1.29, 1.82) is 0 Å². The van der Waals surface area contributed by atoms with Crippen molar-refractivity contribution < 1.29 is 14.3 Å². The van der Waals surface area contributed by atoms with Gasteiger partial charge in [0.15, 0.2) is 11.6 Å². The van der Waals surface area contributed by atoms with E-state index in [1.807, 2.05) is 4.90 Å². The van der Waals surface area contributed by atoms with E-state index in [-0.39, 0.29) is 6.09 Å². The summed E-state index contributed by atoms with van der Waals surface area (Å²) in [6, 6.07) is 0. The van der Waals surface area contributed by atoms with Crippen molar-refractivity contribution in [3.63, 3.8) is 0 Å². The summed E-state index contributed by atoms with van der Waals surface area (Å²) in [5, 5.41) is 3.12. The van der Waals surface area contributed by atoms with Gasteiger partial charge in [0.1, 0.15) is 12.0 Å². The van der Waals surface area contributed by atoms with Crippen LogP contribution in [0.1, 0.15) is 6.92 Å². The molecule has 9 nitrogen and oxygen atoms in total. The minimum absolute atomic E-state index is 0.273. The van der Waals surface area contributed by atoms with Gasteiger partial charge in [0, 0.05) is 39.8 Å². The first-order valence-electron chi connectivity index (χ1n) is 7.67. The minimum atomic E-state index is -0.273. The van der Waals surface area contributed by atoms with Crippen LogP contribution in [0.3, 0.4) is 0 Å². The molecule has 23 heavy (non-hydrogen) atoms. The Morgan fingerprint density at radius 1 is 1.35 bits per heavy atom. The number of methoxy groups -OCH3 is 1. The van der Waals surface area contributed by atoms with Crippen molar-refractivity contribution in [1.82, 2.24) is 14.9 Å². The van der Waals surface area contributed by atoms with Crippen LogP contribution >= 0.6 is 0 Å². The van der Waals surface area contributed by atoms with E-state index < -0.39 is 0 Å². The maximum absolute atomic E-state index is 11.7. The van der Waals surface area contributed by atoms with Crippen LogP contribution in [0.15, 0.2) is 6.33 Å². The molecule has 1 aromatic heterocycles. The number of hydrogen-bond donors (Lipinski definition) is 2. The van der Waals surface area contributed by atoms with Gasteiger partial charge >= 0.3 is 6.09 Å². The molecule has 0 aliphatic carbocycles. The second-order valence-corrected chi connectivity index (χ2v) is 5.05. The number of rotatable bonds is 6. The largest absolute Gasteiger partial charge is 0.450 e. The Balaban J connectivity index is 1.97. The summed E-state index contributed by atoms with van der Waals surface area (Å²) >= 11 is 0. The van der Waals surface area contributed by atoms with Crippen LogP contribution in [0.4, 0.5) is 22.1 Å². The third-order valence-electron chi connectivity index (χ3n) is 3.57. The summed E-state index contributed by atoms with van der Waals surface area (Å²) < 4.78 is 10.0. The van der Waals surface area contributed by atoms with Gasteiger partial charge in [-0.05, 0) is 6.92 Å². The van der Waals surface area contributed by atoms with Crippen LogP contribution in [-0.4, -0.2) is 74.0 Å². The lowest BCUT2D eigenvalue weighted by molar-refractivity contribution is 0.105. The van der Waals surface area contributed by atoms with Crippen LogP contribution in [0, 0.1) is 0 Å². The highest BCUT2D eigenvalue weighted by Crippen LogP contribution is 2.26. The van der Waals surface area contributed by atoms with Crippen LogP contribution in [0.25, 0.3) is 0 Å². The lowest BCUT2D eigenvalue weighted by Gasteiger charge is -2.35. The van der Waals surface area contributed by atoms with Crippen LogP contribution in [0.5, 0.6) is 0 Å². The Morgan fingerprint density at radius 3 is 2.74 bits per heavy atom. The molecule has 0 bridgehead atoms. The van der Waals surface area contributed by atoms with Crippen molar-refractivity contribution in [2.45, 2.75) is 6.92 Å². The fourth-order valence-electron chi connectivity index (χ4n) is 2.37. The van der Waals surface area contributed by atoms with Gasteiger partial charge in [0.05, 0.1) is 13.2 Å². The second-order valence-electron chi connectivity index (χ2n) is 5.05. The zero-order valence-corrected chi connectivity index (χ0v) is 13.6. The molecule has 1 amide bonds. The summed E-state index contributed by atoms with van der Waals surface area (Å²) in [7, 11) is 1.64. The van der Waals surface area contributed by atoms with Crippen LogP contribution in [-0.2, 0) is 9.47 Å². The second kappa shape index (κ2) is 8.37. The van der Waals surface area contributed by atoms with E-state index in [9.17, 15) is 4.79 Å². The highest BCUT2D eigenvalue weighted by molar-refractivity contribution is 5.75. The molecule has 0 radical (unpaired) electrons. The minimum Gasteiger partial charge on any atom is -0.450 e. The number of amides is 1. The number of nitrogens with two attached hydrogens (primary N) is 1. The summed E-state index contributed by atoms with van der Waals surface area (Å²) in [6.45, 7) is 5.82. The number of nitrogen functional groups attached to an aromatic ring is 1. The molecule has 0 unspecified atom stereocenters. The zero-order chi connectivity index (χ0) is 16.7. The Labute approximate surface area is 135 Å². The van der Waals surface area contributed by atoms with Gasteiger partial charge < -0.3 is 30.3 Å². The molecule has 2 heterocycles. The molecule has 0 atom stereocenters. The number of ether oxygens (including phenoxy) is 2. The fourth-order valence-corrected chi connectivity index (χ4v) is 2.37. The van der Waals surface area contributed by atoms with Gasteiger partial charge in [-0.2, -0.15) is 0 Å². The summed E-state index contributed by atoms with van der Waals surface area (Å²) in [6.07, 6.45) is 1.21. The highest BCUT2D eigenvalue weighted by Gasteiger charge is 2.24. The third-order valence-corrected chi connectivity index (χ3v) is 3.57. The number of hydrogen-bond acceptors (Lipinski definition) is 8. The van der Waals surface area contributed by atoms with E-state index >= 15 is 0 Å². The fraction of sp³-hybridized carbons (Fsp3) is 0.643. The maximum Gasteiger partial charge on any atom is 0.409 e. The van der Waals surface area contributed by atoms with E-state index in [4.69, 9.17) is 15.2 Å². The molecular weight excluding hydrogens is 300 g/mol. The Kier molecular flexibility index (Phi) is 6.21. The van der Waals surface area contributed by atoms with Gasteiger partial charge in [-0.1, -0.05) is 0 Å². The molecule has 0 saturated carbocycles. The Hall–Kier alpha value is -2.29. The molecule has 1 fully saturated rings. The van der Waals surface area contributed by atoms with E-state index in [0.29, 0.717) is 63.3 Å². The number of carbonyl (C=O) groups excluding carboxylic acids is 1. The number of aromatic nitrogens is 2. The Morgan fingerprint density at radius 2 is 2.09 bits per heavy atom. The summed E-state index contributed by atoms with van der Waals surface area (Å²) in [4.78, 5) is 23.9. The molecule has 2 rings (SSSR count). The van der Waals surface area contributed by atoms with E-state index in [1.54, 1.807) is 18.9 Å². The standard InChI is InChI=1S/C14H24N6O3/c1-3-23-14(21)20-7-5-19(6-8-20)13-11(15)12(17-10-18-13)16-4-9-22-2/h10H,3-9,15H2,1-2H3,(H,16,17,18). The predicted octanol–water partition coefficient (Wildman–Crippen LogP) is 0.396. The van der Waals surface area contributed by atoms with Gasteiger partial charge in [0.25, 0.3) is 0 Å². The van der Waals surface area contributed by atoms with Gasteiger partial charge in [-0.15, -0.1) is 0 Å². The molecule has 0 spiro atoms. The van der Waals surface area contributed by atoms with Crippen LogP contribution in [0.2, 0.25) is 0 Å². The summed E-state index contributed by atoms with van der Waals surface area (Å²) in [5.41, 5.74) is 6.67. The molecule has 0 aromatic carbocycles. The van der Waals surface area contributed by atoms with E-state index in [0.717, 1.165) is 0 Å². The first kappa shape index (κ1) is 17.1. The average molecular weight is 324 g/mol. The number of nitrogens with one attached hydrogen (secondary N) is 1. The summed E-state index contributed by atoms with van der Waals surface area (Å²) in [5.74, 6) is 1.28. The normalized spacial score (nSPS) is 14.7. The van der Waals surface area contributed by atoms with Crippen LogP contribution < -0.4 is 16.0 Å². The third kappa shape index (κ3) is 4.35. The average Bonchev–Trinajstić information content (AvgIpc) is 2.57. The molecule has 3 N–H and O–H groups in total. The molecule has 1 saturated heterocycles. The molecular formula is C14H24N6O3. The molecule has 128 valence electrons. The molecule has 1 aliphatic rings. The van der Waals surface area contributed by atoms with Crippen molar-refractivity contribution in [3.05, 3.63) is 6.33 Å². The Bertz CT molecular complexity index is 519. The lowest BCUT2D eigenvalue weighted by Crippen LogP contribution is -2.49. The predicted molar refractivity (Wildman–Crippen MR) is 87.6 cm³/mol. The number of carbonyl (C=O) groups is 1. The molecule has 9 heteroatoms. The quantitative estimate of drug-likeness (QED) is 0.724. The van der Waals surface area contributed by atoms with Gasteiger partial charge in [-0.25, -0.2) is 14.8 Å². The topological polar surface area (TPSA) is 106 Å². The number of anilines is 3. The van der Waals surface area contributed by atoms with Crippen molar-refractivity contribution in [2.75, 3.05) is 69.0 Å². The van der Waals surface area contributed by atoms with E-state index in [2.05, 4.69) is 15.3 Å². The van der Waals surface area contributed by atoms with E-state index in [1.165, 1.54) is 6.33 Å². The first-order chi connectivity index (χ1) is 11.2. The molecule has 1 aromatic rings. The first-order valence-corrected chi connectivity index (χ1v) is 7.67. The molecule has 1 aliphatic heterocycles. The van der Waals surface area contributed by atoms with Crippen molar-refractivity contribution >= 4 is 23.4 Å². The van der Waals surface area contributed by atoms with Crippen molar-refractivity contribution in [2.24, 2.45) is 0 Å². The van der Waals surface area contributed by atoms with Gasteiger partial charge in [0.2, 0.25) is 0 Å². The zero-order valence-electron chi connectivity index (χ0n) is 13.6. The maximum atomic E-state index is 11.7. The smallest absolute Gasteiger partial charge is 0.409 e. The SMILES string of the molecule is CCOC(=O)N1CCN(c2ncnc(NCCOC)c2N)CC1. The number of piperazine rings is 1. The highest BCUT2D eigenvalue weighted by atomic mass is 16.6. The lowest BCUT2D eigenvalue weighted by atomic mass is 10.3. The van der Waals surface area contributed by atoms with Crippen molar-refractivity contribution in [3.8, 4) is 0 Å². The number of nitrogens with zero attached hydrogens (tertiary/aromatic N) is 4.